The molecule has 0 saturated carbocycles. The van der Waals surface area contributed by atoms with E-state index in [-0.39, 0.29) is 16.6 Å². The number of nitrogens with one attached hydrogen (secondary N) is 1. The van der Waals surface area contributed by atoms with Crippen molar-refractivity contribution < 1.29 is 22.7 Å². The number of nitrogens with zero attached hydrogens (tertiary/aromatic N) is 4. The molecule has 1 aromatic heterocycles. The summed E-state index contributed by atoms with van der Waals surface area (Å²) in [7, 11) is -1.73. The molecule has 2 aliphatic heterocycles. The van der Waals surface area contributed by atoms with E-state index >= 15 is 0 Å². The number of rotatable bonds is 8. The monoisotopic (exact) mass is 607 g/mol. The Hall–Kier alpha value is -2.21. The summed E-state index contributed by atoms with van der Waals surface area (Å²) in [5.74, 6) is 0.218. The van der Waals surface area contributed by atoms with Gasteiger partial charge in [-0.15, -0.1) is 10.2 Å². The Morgan fingerprint density at radius 3 is 2.26 bits per heavy atom. The first-order valence-electron chi connectivity index (χ1n) is 15.2. The molecule has 0 unspecified atom stereocenters. The molecule has 0 spiro atoms. The second kappa shape index (κ2) is 12.8. The van der Waals surface area contributed by atoms with Crippen LogP contribution in [-0.4, -0.2) is 84.8 Å². The third kappa shape index (κ3) is 7.84. The fraction of sp³-hybridized carbons (Fsp3) is 0.677. The summed E-state index contributed by atoms with van der Waals surface area (Å²) in [5, 5.41) is 22.8. The van der Waals surface area contributed by atoms with E-state index in [2.05, 4.69) is 59.2 Å². The minimum Gasteiger partial charge on any atom is -0.507 e. The van der Waals surface area contributed by atoms with Gasteiger partial charge in [-0.05, 0) is 93.5 Å². The van der Waals surface area contributed by atoms with Gasteiger partial charge in [0.25, 0.3) is 0 Å². The van der Waals surface area contributed by atoms with Crippen LogP contribution < -0.4 is 5.32 Å². The van der Waals surface area contributed by atoms with Crippen molar-refractivity contribution in [3.8, 4) is 17.0 Å². The summed E-state index contributed by atoms with van der Waals surface area (Å²) in [4.78, 5) is 5.08. The zero-order valence-corrected chi connectivity index (χ0v) is 27.2. The lowest BCUT2D eigenvalue weighted by molar-refractivity contribution is -0.137. The van der Waals surface area contributed by atoms with Crippen LogP contribution in [0.3, 0.4) is 0 Å². The quantitative estimate of drug-likeness (QED) is 0.318. The van der Waals surface area contributed by atoms with Crippen LogP contribution in [0.4, 0.5) is 19.0 Å². The molecule has 4 rings (SSSR count). The van der Waals surface area contributed by atoms with Gasteiger partial charge in [-0.1, -0.05) is 20.8 Å². The number of anilines is 1. The number of alkyl halides is 3. The summed E-state index contributed by atoms with van der Waals surface area (Å²) >= 11 is 0. The Morgan fingerprint density at radius 1 is 0.976 bits per heavy atom. The van der Waals surface area contributed by atoms with Gasteiger partial charge in [0, 0.05) is 50.4 Å². The molecule has 0 bridgehead atoms. The lowest BCUT2D eigenvalue weighted by Gasteiger charge is -2.42. The Balaban J connectivity index is 1.29. The number of phenolic OH excluding ortho intramolecular Hbond substituents is 1. The van der Waals surface area contributed by atoms with E-state index in [1.165, 1.54) is 6.07 Å². The van der Waals surface area contributed by atoms with E-state index in [9.17, 15) is 18.3 Å². The van der Waals surface area contributed by atoms with Crippen molar-refractivity contribution in [3.63, 3.8) is 0 Å². The van der Waals surface area contributed by atoms with Gasteiger partial charge in [0.15, 0.2) is 14.1 Å². The largest absolute Gasteiger partial charge is 0.507 e. The Bertz CT molecular complexity index is 1230. The van der Waals surface area contributed by atoms with E-state index < -0.39 is 25.8 Å². The van der Waals surface area contributed by atoms with Gasteiger partial charge in [0.1, 0.15) is 5.75 Å². The van der Waals surface area contributed by atoms with Crippen molar-refractivity contribution in [2.75, 3.05) is 44.6 Å². The highest BCUT2D eigenvalue weighted by Gasteiger charge is 2.39. The molecule has 0 aliphatic carbocycles. The molecule has 0 radical (unpaired) electrons. The van der Waals surface area contributed by atoms with E-state index in [4.69, 9.17) is 4.43 Å². The molecule has 42 heavy (non-hydrogen) atoms. The lowest BCUT2D eigenvalue weighted by atomic mass is 10.0. The lowest BCUT2D eigenvalue weighted by Crippen LogP contribution is -2.49. The van der Waals surface area contributed by atoms with E-state index in [1.807, 2.05) is 13.8 Å². The maximum atomic E-state index is 13.0. The second-order valence-electron chi connectivity index (χ2n) is 13.6. The van der Waals surface area contributed by atoms with Crippen LogP contribution in [0.2, 0.25) is 18.1 Å². The van der Waals surface area contributed by atoms with Crippen LogP contribution in [0, 0.1) is 13.8 Å². The number of aromatic nitrogens is 2. The summed E-state index contributed by atoms with van der Waals surface area (Å²) in [6.07, 6.45) is 0.206. The average molecular weight is 608 g/mol. The van der Waals surface area contributed by atoms with Gasteiger partial charge < -0.3 is 24.6 Å². The highest BCUT2D eigenvalue weighted by molar-refractivity contribution is 6.74. The summed E-state index contributed by atoms with van der Waals surface area (Å²) < 4.78 is 45.8. The molecule has 2 aliphatic rings. The van der Waals surface area contributed by atoms with Crippen LogP contribution in [0.15, 0.2) is 18.2 Å². The Labute approximate surface area is 250 Å². The zero-order chi connectivity index (χ0) is 30.9. The molecular formula is C31H48F3N5O2Si. The number of hydrogen-bond acceptors (Lipinski definition) is 7. The maximum absolute atomic E-state index is 13.0. The molecule has 3 heterocycles. The first kappa shape index (κ1) is 32.7. The van der Waals surface area contributed by atoms with Crippen molar-refractivity contribution in [1.82, 2.24) is 20.0 Å². The molecule has 1 atom stereocenters. The Morgan fingerprint density at radius 2 is 1.64 bits per heavy atom. The van der Waals surface area contributed by atoms with Crippen LogP contribution in [-0.2, 0) is 10.6 Å². The third-order valence-corrected chi connectivity index (χ3v) is 14.0. The molecule has 7 nitrogen and oxygen atoms in total. The number of phenols is 1. The van der Waals surface area contributed by atoms with Crippen molar-refractivity contribution in [2.45, 2.75) is 96.8 Å². The molecular weight excluding hydrogens is 559 g/mol. The second-order valence-corrected chi connectivity index (χ2v) is 18.3. The number of halogens is 3. The molecule has 2 aromatic rings. The highest BCUT2D eigenvalue weighted by Crippen LogP contribution is 2.39. The first-order valence-corrected chi connectivity index (χ1v) is 18.1. The molecule has 2 fully saturated rings. The van der Waals surface area contributed by atoms with Crippen LogP contribution >= 0.6 is 0 Å². The van der Waals surface area contributed by atoms with Crippen LogP contribution in [0.1, 0.15) is 63.1 Å². The zero-order valence-electron chi connectivity index (χ0n) is 26.2. The van der Waals surface area contributed by atoms with Crippen LogP contribution in [0.25, 0.3) is 11.3 Å². The van der Waals surface area contributed by atoms with Gasteiger partial charge in [-0.25, -0.2) is 0 Å². The summed E-state index contributed by atoms with van der Waals surface area (Å²) in [6, 6.07) is 3.18. The fourth-order valence-corrected chi connectivity index (χ4v) is 7.03. The normalized spacial score (nSPS) is 20.2. The predicted octanol–water partition coefficient (Wildman–Crippen LogP) is 6.85. The smallest absolute Gasteiger partial charge is 0.416 e. The molecule has 0 amide bonds. The maximum Gasteiger partial charge on any atom is 0.416 e. The standard InChI is InChI=1S/C31H48F3N5O2Si/c1-21-22(2)29(37-36-28(21)26-11-10-23(19-27(26)40)31(32,33)34)35-24-9-8-14-39(20-24)18-17-38-15-12-25(13-16-38)41-42(6,7)30(3,4)5/h10-11,19,24-25,40H,8-9,12-18,20H2,1-7H3,(H,35,37)/t24-/m1/s1. The van der Waals surface area contributed by atoms with E-state index in [0.717, 1.165) is 88.2 Å². The molecule has 2 N–H and O–H groups in total. The number of likely N-dealkylation sites (tertiary alicyclic amines) is 2. The highest BCUT2D eigenvalue weighted by atomic mass is 28.4. The van der Waals surface area contributed by atoms with Crippen molar-refractivity contribution in [1.29, 1.82) is 0 Å². The van der Waals surface area contributed by atoms with Crippen molar-refractivity contribution in [2.24, 2.45) is 0 Å². The van der Waals surface area contributed by atoms with Crippen molar-refractivity contribution >= 4 is 14.1 Å². The molecule has 234 valence electrons. The number of piperidine rings is 2. The molecule has 1 aromatic carbocycles. The third-order valence-electron chi connectivity index (χ3n) is 9.48. The fourth-order valence-electron chi connectivity index (χ4n) is 5.60. The van der Waals surface area contributed by atoms with Gasteiger partial charge in [-0.3, -0.25) is 0 Å². The average Bonchev–Trinajstić information content (AvgIpc) is 2.90. The first-order chi connectivity index (χ1) is 19.5. The number of benzene rings is 1. The summed E-state index contributed by atoms with van der Waals surface area (Å²) in [5.41, 5.74) is 1.37. The van der Waals surface area contributed by atoms with E-state index in [0.29, 0.717) is 17.6 Å². The van der Waals surface area contributed by atoms with Gasteiger partial charge in [0.2, 0.25) is 0 Å². The van der Waals surface area contributed by atoms with Crippen LogP contribution in [0.5, 0.6) is 5.75 Å². The Kier molecular flexibility index (Phi) is 9.96. The predicted molar refractivity (Wildman–Crippen MR) is 164 cm³/mol. The van der Waals surface area contributed by atoms with Gasteiger partial charge >= 0.3 is 6.18 Å². The number of aromatic hydroxyl groups is 1. The minimum absolute atomic E-state index is 0.236. The van der Waals surface area contributed by atoms with E-state index in [1.54, 1.807) is 0 Å². The van der Waals surface area contributed by atoms with Crippen molar-refractivity contribution in [3.05, 3.63) is 34.9 Å². The SMILES string of the molecule is Cc1c(N[C@@H]2CCCN(CCN3CCC(O[Si](C)(C)C(C)(C)C)CC3)C2)nnc(-c2ccc(C(F)(F)F)cc2O)c1C. The topological polar surface area (TPSA) is 73.8 Å². The minimum atomic E-state index is -4.52. The summed E-state index contributed by atoms with van der Waals surface area (Å²) in [6.45, 7) is 21.6. The van der Waals surface area contributed by atoms with Gasteiger partial charge in [0.05, 0.1) is 11.3 Å². The molecule has 11 heteroatoms. The number of hydrogen-bond donors (Lipinski definition) is 2. The molecule has 2 saturated heterocycles. The van der Waals surface area contributed by atoms with Gasteiger partial charge in [-0.2, -0.15) is 13.2 Å².